The van der Waals surface area contributed by atoms with Gasteiger partial charge in [-0.05, 0) is 68.2 Å². The number of aromatic amines is 1. The van der Waals surface area contributed by atoms with Crippen LogP contribution in [0.2, 0.25) is 0 Å². The summed E-state index contributed by atoms with van der Waals surface area (Å²) >= 11 is 0. The van der Waals surface area contributed by atoms with Crippen molar-refractivity contribution in [2.75, 3.05) is 33.4 Å². The Labute approximate surface area is 251 Å². The zero-order chi connectivity index (χ0) is 30.8. The Bertz CT molecular complexity index is 1460. The summed E-state index contributed by atoms with van der Waals surface area (Å²) in [5.74, 6) is -0.391. The van der Waals surface area contributed by atoms with Gasteiger partial charge in [0.2, 0.25) is 5.91 Å². The number of hydrogen-bond donors (Lipinski definition) is 5. The van der Waals surface area contributed by atoms with Crippen LogP contribution >= 0.6 is 0 Å². The summed E-state index contributed by atoms with van der Waals surface area (Å²) in [6.45, 7) is 4.59. The zero-order valence-corrected chi connectivity index (χ0v) is 25.0. The summed E-state index contributed by atoms with van der Waals surface area (Å²) in [6, 6.07) is 13.0. The van der Waals surface area contributed by atoms with Gasteiger partial charge in [0.25, 0.3) is 0 Å². The van der Waals surface area contributed by atoms with E-state index in [4.69, 9.17) is 15.2 Å². The summed E-state index contributed by atoms with van der Waals surface area (Å²) in [5, 5.41) is 32.4. The van der Waals surface area contributed by atoms with Gasteiger partial charge in [0.1, 0.15) is 17.2 Å². The first-order chi connectivity index (χ1) is 20.6. The topological polar surface area (TPSA) is 158 Å². The first-order valence-electron chi connectivity index (χ1n) is 15.1. The lowest BCUT2D eigenvalue weighted by molar-refractivity contribution is -0.127. The van der Waals surface area contributed by atoms with Crippen molar-refractivity contribution in [2.24, 2.45) is 11.7 Å². The Morgan fingerprint density at radius 2 is 1.81 bits per heavy atom. The number of aliphatic hydroxyl groups is 2. The number of nitrogens with two attached hydrogens (primary N) is 1. The van der Waals surface area contributed by atoms with Gasteiger partial charge in [0.05, 0.1) is 36.4 Å². The summed E-state index contributed by atoms with van der Waals surface area (Å²) in [5.41, 5.74) is 5.59. The van der Waals surface area contributed by atoms with E-state index in [1.165, 1.54) is 0 Å². The molecular weight excluding hydrogens is 550 g/mol. The molecule has 1 amide bonds. The number of primary amides is 1. The van der Waals surface area contributed by atoms with Crippen molar-refractivity contribution in [1.82, 2.24) is 9.88 Å². The second kappa shape index (κ2) is 12.6. The average Bonchev–Trinajstić information content (AvgIpc) is 3.40. The summed E-state index contributed by atoms with van der Waals surface area (Å²) < 4.78 is 11.7. The van der Waals surface area contributed by atoms with E-state index in [1.54, 1.807) is 25.3 Å². The van der Waals surface area contributed by atoms with E-state index in [0.29, 0.717) is 67.5 Å². The third kappa shape index (κ3) is 6.23. The molecule has 3 aromatic rings. The number of carbonyl (C=O) groups excluding carboxylic acids is 1. The minimum atomic E-state index is -1.29. The normalized spacial score (nSPS) is 26.3. The molecule has 1 saturated heterocycles. The van der Waals surface area contributed by atoms with E-state index in [0.717, 1.165) is 24.4 Å². The number of aliphatic hydroxyl groups excluding tert-OH is 1. The Balaban J connectivity index is 1.40. The van der Waals surface area contributed by atoms with E-state index < -0.39 is 22.9 Å². The average molecular weight is 594 g/mol. The third-order valence-corrected chi connectivity index (χ3v) is 9.64. The number of piperidine rings is 1. The lowest BCUT2D eigenvalue weighted by Crippen LogP contribution is -2.50. The molecule has 2 heterocycles. The summed E-state index contributed by atoms with van der Waals surface area (Å²) in [7, 11) is 1.62. The number of nitrogens with zero attached hydrogens (tertiary/aromatic N) is 1. The molecule has 2 aliphatic rings. The number of hydrogen-bond acceptors (Lipinski definition) is 7. The fourth-order valence-corrected chi connectivity index (χ4v) is 6.96. The molecule has 2 atom stereocenters. The fourth-order valence-electron chi connectivity index (χ4n) is 6.96. The standard InChI is InChI=1S/C33H43N3O7/c1-21-20-36(17-10-24(21)37)18-16-32(41)12-14-33(15-13-32,31(34)40)28-27-23(35-29(28)30(38)39)7-5-9-26(27)43-19-11-22-6-3-4-8-25(22)42-2/h3-9,21,24,35,37,41H,10-20H2,1-2H3,(H2,34,40)(H,38,39)/t21-,24-,32?,33?/m0/s1. The molecule has 43 heavy (non-hydrogen) atoms. The van der Waals surface area contributed by atoms with Crippen LogP contribution in [0, 0.1) is 5.92 Å². The highest BCUT2D eigenvalue weighted by Crippen LogP contribution is 2.49. The maximum absolute atomic E-state index is 13.3. The number of carbonyl (C=O) groups is 2. The molecule has 10 heteroatoms. The molecule has 0 radical (unpaired) electrons. The molecule has 1 aliphatic carbocycles. The number of amides is 1. The van der Waals surface area contributed by atoms with Crippen LogP contribution in [0.15, 0.2) is 42.5 Å². The van der Waals surface area contributed by atoms with Crippen LogP contribution in [-0.2, 0) is 16.6 Å². The first-order valence-corrected chi connectivity index (χ1v) is 15.1. The molecule has 1 saturated carbocycles. The second-order valence-corrected chi connectivity index (χ2v) is 12.3. The number of nitrogens with one attached hydrogen (secondary N) is 1. The number of aromatic carboxylic acids is 1. The number of fused-ring (bicyclic) bond motifs is 1. The number of aromatic nitrogens is 1. The maximum atomic E-state index is 13.3. The van der Waals surface area contributed by atoms with Gasteiger partial charge in [-0.2, -0.15) is 0 Å². The van der Waals surface area contributed by atoms with Crippen LogP contribution < -0.4 is 15.2 Å². The van der Waals surface area contributed by atoms with E-state index in [2.05, 4.69) is 9.88 Å². The van der Waals surface area contributed by atoms with Crippen LogP contribution in [0.1, 0.15) is 67.1 Å². The first kappa shape index (κ1) is 30.8. The van der Waals surface area contributed by atoms with Crippen LogP contribution in [0.5, 0.6) is 11.5 Å². The molecule has 1 aliphatic heterocycles. The lowest BCUT2D eigenvalue weighted by Gasteiger charge is -2.44. The number of carboxylic acids is 1. The molecule has 232 valence electrons. The number of benzene rings is 2. The van der Waals surface area contributed by atoms with Gasteiger partial charge in [-0.1, -0.05) is 31.2 Å². The molecule has 0 unspecified atom stereocenters. The number of carboxylic acid groups (broad SMARTS) is 1. The summed E-state index contributed by atoms with van der Waals surface area (Å²) in [6.07, 6.45) is 2.57. The van der Waals surface area contributed by atoms with Gasteiger partial charge < -0.3 is 40.4 Å². The van der Waals surface area contributed by atoms with Crippen molar-refractivity contribution in [3.63, 3.8) is 0 Å². The largest absolute Gasteiger partial charge is 0.496 e. The Hall–Kier alpha value is -3.60. The van der Waals surface area contributed by atoms with Crippen LogP contribution in [0.25, 0.3) is 10.9 Å². The molecule has 2 fully saturated rings. The third-order valence-electron chi connectivity index (χ3n) is 9.64. The molecule has 1 aromatic heterocycles. The van der Waals surface area contributed by atoms with Crippen molar-refractivity contribution in [2.45, 2.75) is 69.0 Å². The molecule has 6 N–H and O–H groups in total. The smallest absolute Gasteiger partial charge is 0.352 e. The van der Waals surface area contributed by atoms with Crippen LogP contribution in [-0.4, -0.2) is 82.1 Å². The Kier molecular flexibility index (Phi) is 9.01. The molecule has 2 aromatic carbocycles. The molecular formula is C33H43N3O7. The van der Waals surface area contributed by atoms with Crippen molar-refractivity contribution in [3.05, 3.63) is 59.3 Å². The van der Waals surface area contributed by atoms with E-state index in [-0.39, 0.29) is 30.6 Å². The van der Waals surface area contributed by atoms with Gasteiger partial charge in [0, 0.05) is 37.0 Å². The van der Waals surface area contributed by atoms with E-state index in [1.807, 2.05) is 31.2 Å². The maximum Gasteiger partial charge on any atom is 0.352 e. The zero-order valence-electron chi connectivity index (χ0n) is 25.0. The molecule has 0 bridgehead atoms. The number of ether oxygens (including phenoxy) is 2. The number of rotatable bonds is 11. The second-order valence-electron chi connectivity index (χ2n) is 12.3. The van der Waals surface area contributed by atoms with Crippen LogP contribution in [0.3, 0.4) is 0 Å². The van der Waals surface area contributed by atoms with Crippen molar-refractivity contribution in [1.29, 1.82) is 0 Å². The van der Waals surface area contributed by atoms with Gasteiger partial charge >= 0.3 is 5.97 Å². The van der Waals surface area contributed by atoms with Crippen molar-refractivity contribution in [3.8, 4) is 11.5 Å². The predicted octanol–water partition coefficient (Wildman–Crippen LogP) is 3.62. The minimum Gasteiger partial charge on any atom is -0.496 e. The van der Waals surface area contributed by atoms with E-state index in [9.17, 15) is 24.9 Å². The lowest BCUT2D eigenvalue weighted by atomic mass is 9.63. The van der Waals surface area contributed by atoms with Gasteiger partial charge in [0.15, 0.2) is 0 Å². The van der Waals surface area contributed by atoms with Gasteiger partial charge in [-0.3, -0.25) is 4.79 Å². The number of methoxy groups -OCH3 is 1. The highest BCUT2D eigenvalue weighted by Gasteiger charge is 2.50. The van der Waals surface area contributed by atoms with E-state index >= 15 is 0 Å². The molecule has 5 rings (SSSR count). The predicted molar refractivity (Wildman–Crippen MR) is 163 cm³/mol. The number of para-hydroxylation sites is 1. The number of likely N-dealkylation sites (tertiary alicyclic amines) is 1. The molecule has 0 spiro atoms. The quantitative estimate of drug-likeness (QED) is 0.226. The van der Waals surface area contributed by atoms with Crippen LogP contribution in [0.4, 0.5) is 0 Å². The van der Waals surface area contributed by atoms with Crippen molar-refractivity contribution < 1.29 is 34.4 Å². The van der Waals surface area contributed by atoms with Gasteiger partial charge in [-0.15, -0.1) is 0 Å². The number of H-pyrrole nitrogens is 1. The summed E-state index contributed by atoms with van der Waals surface area (Å²) in [4.78, 5) is 31.1. The van der Waals surface area contributed by atoms with Crippen molar-refractivity contribution >= 4 is 22.8 Å². The highest BCUT2D eigenvalue weighted by molar-refractivity contribution is 6.05. The van der Waals surface area contributed by atoms with Gasteiger partial charge in [-0.25, -0.2) is 4.79 Å². The monoisotopic (exact) mass is 593 g/mol. The molecule has 10 nitrogen and oxygen atoms in total. The SMILES string of the molecule is COc1ccccc1CCOc1cccc2[nH]c(C(=O)O)c(C3(C(N)=O)CCC(O)(CCN4CC[C@H](O)[C@@H](C)C4)CC3)c12. The Morgan fingerprint density at radius 3 is 2.49 bits per heavy atom. The minimum absolute atomic E-state index is 0.0825. The fraction of sp³-hybridized carbons (Fsp3) is 0.515. The Morgan fingerprint density at radius 1 is 1.09 bits per heavy atom. The highest BCUT2D eigenvalue weighted by atomic mass is 16.5.